The number of aliphatic hydroxyl groups is 1. The molecule has 0 aliphatic carbocycles. The van der Waals surface area contributed by atoms with Crippen molar-refractivity contribution in [3.8, 4) is 0 Å². The molecule has 2 atom stereocenters. The van der Waals surface area contributed by atoms with Crippen LogP contribution in [0, 0.1) is 19.8 Å². The fourth-order valence-electron chi connectivity index (χ4n) is 1.91. The number of ether oxygens (including phenoxy) is 1. The first-order chi connectivity index (χ1) is 9.93. The zero-order chi connectivity index (χ0) is 15.8. The molecule has 1 rings (SSSR count). The Labute approximate surface area is 127 Å². The third-order valence-electron chi connectivity index (χ3n) is 3.45. The monoisotopic (exact) mass is 288 g/mol. The molecule has 1 aromatic carbocycles. The number of esters is 1. The van der Waals surface area contributed by atoms with E-state index in [9.17, 15) is 9.90 Å². The van der Waals surface area contributed by atoms with E-state index in [0.717, 1.165) is 0 Å². The Hall–Kier alpha value is -1.87. The maximum absolute atomic E-state index is 10.9. The van der Waals surface area contributed by atoms with Crippen molar-refractivity contribution in [3.63, 3.8) is 0 Å². The molecule has 3 nitrogen and oxygen atoms in total. The Kier molecular flexibility index (Phi) is 6.89. The van der Waals surface area contributed by atoms with E-state index in [1.54, 1.807) is 6.08 Å². The molecule has 114 valence electrons. The predicted molar refractivity (Wildman–Crippen MR) is 85.9 cm³/mol. The maximum Gasteiger partial charge on any atom is 0.330 e. The van der Waals surface area contributed by atoms with Crippen LogP contribution in [0.4, 0.5) is 0 Å². The van der Waals surface area contributed by atoms with Gasteiger partial charge >= 0.3 is 5.97 Å². The van der Waals surface area contributed by atoms with E-state index < -0.39 is 12.1 Å². The third kappa shape index (κ3) is 5.96. The molecule has 0 aliphatic heterocycles. The molecule has 3 heteroatoms. The summed E-state index contributed by atoms with van der Waals surface area (Å²) < 4.78 is 4.50. The van der Waals surface area contributed by atoms with E-state index in [2.05, 4.69) is 36.8 Å². The van der Waals surface area contributed by atoms with Crippen LogP contribution in [-0.4, -0.2) is 24.3 Å². The summed E-state index contributed by atoms with van der Waals surface area (Å²) in [6.45, 7) is 6.09. The van der Waals surface area contributed by atoms with E-state index in [-0.39, 0.29) is 5.92 Å². The Morgan fingerprint density at radius 2 is 2.10 bits per heavy atom. The first-order valence-corrected chi connectivity index (χ1v) is 7.12. The number of carbonyl (C=O) groups excluding carboxylic acids is 1. The number of benzene rings is 1. The minimum absolute atomic E-state index is 0.00668. The highest BCUT2D eigenvalue weighted by molar-refractivity contribution is 5.81. The summed E-state index contributed by atoms with van der Waals surface area (Å²) in [4.78, 5) is 10.9. The third-order valence-corrected chi connectivity index (χ3v) is 3.45. The quantitative estimate of drug-likeness (QED) is 0.644. The summed E-state index contributed by atoms with van der Waals surface area (Å²) in [5.74, 6) is -0.395. The zero-order valence-corrected chi connectivity index (χ0v) is 13.2. The average Bonchev–Trinajstić information content (AvgIpc) is 2.47. The van der Waals surface area contributed by atoms with Crippen molar-refractivity contribution < 1.29 is 14.6 Å². The van der Waals surface area contributed by atoms with Crippen LogP contribution in [0.5, 0.6) is 0 Å². The SMILES string of the molecule is COC(=O)/C=C/C[C@H](O)[C@H](C)/C=C/c1cc(C)ccc1C. The van der Waals surface area contributed by atoms with Gasteiger partial charge in [0.2, 0.25) is 0 Å². The van der Waals surface area contributed by atoms with Gasteiger partial charge in [-0.15, -0.1) is 0 Å². The number of aliphatic hydroxyl groups excluding tert-OH is 1. The molecule has 1 N–H and O–H groups in total. The van der Waals surface area contributed by atoms with Crippen LogP contribution < -0.4 is 0 Å². The Morgan fingerprint density at radius 3 is 2.76 bits per heavy atom. The molecule has 0 saturated heterocycles. The Bertz CT molecular complexity index is 529. The summed E-state index contributed by atoms with van der Waals surface area (Å²) in [5.41, 5.74) is 3.60. The van der Waals surface area contributed by atoms with Crippen molar-refractivity contribution in [3.05, 3.63) is 53.1 Å². The number of hydrogen-bond acceptors (Lipinski definition) is 3. The Morgan fingerprint density at radius 1 is 1.38 bits per heavy atom. The summed E-state index contributed by atoms with van der Waals surface area (Å²) in [6, 6.07) is 6.31. The Balaban J connectivity index is 2.61. The van der Waals surface area contributed by atoms with Crippen LogP contribution in [0.3, 0.4) is 0 Å². The van der Waals surface area contributed by atoms with Gasteiger partial charge in [-0.2, -0.15) is 0 Å². The van der Waals surface area contributed by atoms with Crippen molar-refractivity contribution in [2.45, 2.75) is 33.3 Å². The van der Waals surface area contributed by atoms with Crippen molar-refractivity contribution in [2.75, 3.05) is 7.11 Å². The fraction of sp³-hybridized carbons (Fsp3) is 0.389. The van der Waals surface area contributed by atoms with Crippen molar-refractivity contribution in [1.82, 2.24) is 0 Å². The molecule has 0 amide bonds. The molecule has 0 unspecified atom stereocenters. The molecule has 1 aromatic rings. The molecular formula is C18H24O3. The van der Waals surface area contributed by atoms with Gasteiger partial charge in [-0.05, 0) is 31.4 Å². The van der Waals surface area contributed by atoms with Crippen molar-refractivity contribution in [2.24, 2.45) is 5.92 Å². The standard InChI is InChI=1S/C18H24O3/c1-13-8-9-14(2)16(12-13)11-10-15(3)17(19)6-5-7-18(20)21-4/h5,7-12,15,17,19H,6H2,1-4H3/b7-5+,11-10+/t15-,17+/m1/s1. The molecule has 21 heavy (non-hydrogen) atoms. The molecule has 0 bridgehead atoms. The van der Waals surface area contributed by atoms with Crippen LogP contribution in [0.2, 0.25) is 0 Å². The lowest BCUT2D eigenvalue weighted by Crippen LogP contribution is -2.14. The lowest BCUT2D eigenvalue weighted by molar-refractivity contribution is -0.134. The van der Waals surface area contributed by atoms with Crippen molar-refractivity contribution >= 4 is 12.0 Å². The van der Waals surface area contributed by atoms with Gasteiger partial charge in [0.25, 0.3) is 0 Å². The molecule has 0 saturated carbocycles. The van der Waals surface area contributed by atoms with E-state index in [1.807, 2.05) is 19.1 Å². The number of rotatable bonds is 6. The van der Waals surface area contributed by atoms with E-state index in [1.165, 1.54) is 29.9 Å². The number of hydrogen-bond donors (Lipinski definition) is 1. The highest BCUT2D eigenvalue weighted by Crippen LogP contribution is 2.16. The minimum Gasteiger partial charge on any atom is -0.466 e. The van der Waals surface area contributed by atoms with Gasteiger partial charge in [-0.3, -0.25) is 0 Å². The van der Waals surface area contributed by atoms with Crippen LogP contribution in [-0.2, 0) is 9.53 Å². The number of methoxy groups -OCH3 is 1. The van der Waals surface area contributed by atoms with Crippen LogP contribution in [0.25, 0.3) is 6.08 Å². The second-order valence-electron chi connectivity index (χ2n) is 5.31. The van der Waals surface area contributed by atoms with E-state index in [0.29, 0.717) is 6.42 Å². The van der Waals surface area contributed by atoms with E-state index >= 15 is 0 Å². The lowest BCUT2D eigenvalue weighted by atomic mass is 9.98. The largest absolute Gasteiger partial charge is 0.466 e. The summed E-state index contributed by atoms with van der Waals surface area (Å²) >= 11 is 0. The van der Waals surface area contributed by atoms with Crippen LogP contribution in [0.1, 0.15) is 30.0 Å². The van der Waals surface area contributed by atoms with Gasteiger partial charge in [0.1, 0.15) is 0 Å². The molecule has 0 spiro atoms. The summed E-state index contributed by atoms with van der Waals surface area (Å²) in [5, 5.41) is 10.1. The molecule has 0 aromatic heterocycles. The maximum atomic E-state index is 10.9. The zero-order valence-electron chi connectivity index (χ0n) is 13.2. The number of aryl methyl sites for hydroxylation is 2. The number of carbonyl (C=O) groups is 1. The van der Waals surface area contributed by atoms with E-state index in [4.69, 9.17) is 0 Å². The van der Waals surface area contributed by atoms with Gasteiger partial charge < -0.3 is 9.84 Å². The normalized spacial score (nSPS) is 14.5. The molecular weight excluding hydrogens is 264 g/mol. The van der Waals surface area contributed by atoms with Gasteiger partial charge in [0.15, 0.2) is 0 Å². The molecule has 0 aliphatic rings. The lowest BCUT2D eigenvalue weighted by Gasteiger charge is -2.13. The average molecular weight is 288 g/mol. The van der Waals surface area contributed by atoms with Crippen molar-refractivity contribution in [1.29, 1.82) is 0 Å². The second-order valence-corrected chi connectivity index (χ2v) is 5.31. The second kappa shape index (κ2) is 8.42. The molecule has 0 fully saturated rings. The fourth-order valence-corrected chi connectivity index (χ4v) is 1.91. The summed E-state index contributed by atoms with van der Waals surface area (Å²) in [7, 11) is 1.33. The predicted octanol–water partition coefficient (Wildman–Crippen LogP) is 3.43. The first-order valence-electron chi connectivity index (χ1n) is 7.12. The smallest absolute Gasteiger partial charge is 0.330 e. The van der Waals surface area contributed by atoms with Gasteiger partial charge in [0, 0.05) is 12.0 Å². The van der Waals surface area contributed by atoms with Gasteiger partial charge in [0.05, 0.1) is 13.2 Å². The minimum atomic E-state index is -0.521. The van der Waals surface area contributed by atoms with Crippen LogP contribution >= 0.6 is 0 Å². The van der Waals surface area contributed by atoms with Gasteiger partial charge in [-0.1, -0.05) is 48.9 Å². The molecule has 0 heterocycles. The van der Waals surface area contributed by atoms with Crippen LogP contribution in [0.15, 0.2) is 36.4 Å². The highest BCUT2D eigenvalue weighted by Gasteiger charge is 2.09. The summed E-state index contributed by atoms with van der Waals surface area (Å²) in [6.07, 6.45) is 6.92. The molecule has 0 radical (unpaired) electrons. The highest BCUT2D eigenvalue weighted by atomic mass is 16.5. The van der Waals surface area contributed by atoms with Gasteiger partial charge in [-0.25, -0.2) is 4.79 Å². The topological polar surface area (TPSA) is 46.5 Å². The first kappa shape index (κ1) is 17.2.